The zero-order valence-electron chi connectivity index (χ0n) is 20.3. The van der Waals surface area contributed by atoms with Crippen LogP contribution >= 0.6 is 0 Å². The minimum absolute atomic E-state index is 0.0511. The summed E-state index contributed by atoms with van der Waals surface area (Å²) in [7, 11) is 0. The van der Waals surface area contributed by atoms with Gasteiger partial charge in [-0.15, -0.1) is 0 Å². The van der Waals surface area contributed by atoms with Crippen LogP contribution in [-0.2, 0) is 4.79 Å². The Hall–Kier alpha value is -3.12. The Labute approximate surface area is 199 Å². The summed E-state index contributed by atoms with van der Waals surface area (Å²) in [5, 5.41) is 12.6. The molecule has 0 radical (unpaired) electrons. The number of likely N-dealkylation sites (N-methyl/N-ethyl adjacent to an activating group) is 1. The Morgan fingerprint density at radius 2 is 2.09 bits per heavy atom. The van der Waals surface area contributed by atoms with Gasteiger partial charge in [0.25, 0.3) is 5.56 Å². The maximum Gasteiger partial charge on any atom is 0.329 e. The lowest BCUT2D eigenvalue weighted by molar-refractivity contribution is -0.119. The molecule has 1 aromatic carbocycles. The molecule has 2 atom stereocenters. The first-order chi connectivity index (χ1) is 16.3. The van der Waals surface area contributed by atoms with Crippen molar-refractivity contribution in [2.24, 2.45) is 5.92 Å². The van der Waals surface area contributed by atoms with Crippen LogP contribution in [0.3, 0.4) is 0 Å². The van der Waals surface area contributed by atoms with Crippen LogP contribution < -0.4 is 21.5 Å². The number of aryl methyl sites for hydroxylation is 1. The van der Waals surface area contributed by atoms with Crippen LogP contribution in [0.25, 0.3) is 10.9 Å². The van der Waals surface area contributed by atoms with Gasteiger partial charge in [-0.25, -0.2) is 4.79 Å². The third-order valence-corrected chi connectivity index (χ3v) is 7.29. The van der Waals surface area contributed by atoms with E-state index in [1.165, 1.54) is 6.92 Å². The molecule has 1 saturated heterocycles. The van der Waals surface area contributed by atoms with E-state index in [9.17, 15) is 14.4 Å². The summed E-state index contributed by atoms with van der Waals surface area (Å²) >= 11 is 0. The van der Waals surface area contributed by atoms with Crippen molar-refractivity contribution in [3.8, 4) is 6.07 Å². The average molecular weight is 467 g/mol. The Kier molecular flexibility index (Phi) is 7.08. The molecular weight excluding hydrogens is 432 g/mol. The van der Waals surface area contributed by atoms with Gasteiger partial charge in [-0.2, -0.15) is 5.26 Å². The number of nitriles is 1. The molecule has 9 heteroatoms. The van der Waals surface area contributed by atoms with Crippen molar-refractivity contribution in [3.05, 3.63) is 38.5 Å². The molecule has 1 saturated carbocycles. The zero-order chi connectivity index (χ0) is 24.4. The van der Waals surface area contributed by atoms with Gasteiger partial charge in [0, 0.05) is 57.3 Å². The number of amides is 1. The van der Waals surface area contributed by atoms with E-state index in [0.29, 0.717) is 30.8 Å². The predicted octanol–water partition coefficient (Wildman–Crippen LogP) is 1.90. The number of anilines is 1. The maximum absolute atomic E-state index is 12.6. The van der Waals surface area contributed by atoms with Gasteiger partial charge in [-0.05, 0) is 56.3 Å². The third-order valence-electron chi connectivity index (χ3n) is 7.29. The fourth-order valence-electron chi connectivity index (χ4n) is 5.45. The summed E-state index contributed by atoms with van der Waals surface area (Å²) in [5.74, 6) is 0.273. The lowest BCUT2D eigenvalue weighted by atomic mass is 9.96. The van der Waals surface area contributed by atoms with E-state index in [-0.39, 0.29) is 29.2 Å². The van der Waals surface area contributed by atoms with Gasteiger partial charge in [0.1, 0.15) is 0 Å². The number of hydrogen-bond donors (Lipinski definition) is 2. The van der Waals surface area contributed by atoms with Gasteiger partial charge in [-0.3, -0.25) is 24.0 Å². The summed E-state index contributed by atoms with van der Waals surface area (Å²) < 4.78 is 1.77. The molecule has 1 aromatic heterocycles. The minimum atomic E-state index is -0.336. The lowest BCUT2D eigenvalue weighted by Crippen LogP contribution is -2.49. The van der Waals surface area contributed by atoms with Crippen molar-refractivity contribution in [3.63, 3.8) is 0 Å². The number of nitrogens with zero attached hydrogens (tertiary/aromatic N) is 4. The van der Waals surface area contributed by atoms with Crippen molar-refractivity contribution >= 4 is 22.5 Å². The first kappa shape index (κ1) is 24.0. The number of fused-ring (bicyclic) bond motifs is 1. The number of H-pyrrole nitrogens is 1. The van der Waals surface area contributed by atoms with Crippen LogP contribution in [0.15, 0.2) is 21.7 Å². The summed E-state index contributed by atoms with van der Waals surface area (Å²) in [6.45, 7) is 9.35. The van der Waals surface area contributed by atoms with Crippen LogP contribution in [0, 0.1) is 24.2 Å². The molecule has 1 aliphatic carbocycles. The molecule has 9 nitrogen and oxygen atoms in total. The molecule has 1 aliphatic heterocycles. The fourth-order valence-corrected chi connectivity index (χ4v) is 5.45. The van der Waals surface area contributed by atoms with Crippen molar-refractivity contribution in [1.82, 2.24) is 19.8 Å². The second kappa shape index (κ2) is 10.0. The molecule has 2 aliphatic rings. The van der Waals surface area contributed by atoms with Crippen molar-refractivity contribution in [2.75, 3.05) is 37.6 Å². The highest BCUT2D eigenvalue weighted by Gasteiger charge is 2.34. The molecule has 2 N–H and O–H groups in total. The highest BCUT2D eigenvalue weighted by atomic mass is 16.2. The van der Waals surface area contributed by atoms with E-state index in [1.807, 2.05) is 19.1 Å². The highest BCUT2D eigenvalue weighted by molar-refractivity contribution is 5.87. The molecule has 34 heavy (non-hydrogen) atoms. The van der Waals surface area contributed by atoms with Gasteiger partial charge in [0.15, 0.2) is 0 Å². The fraction of sp³-hybridized carbons (Fsp3) is 0.600. The minimum Gasteiger partial charge on any atom is -0.371 e. The number of aromatic nitrogens is 2. The van der Waals surface area contributed by atoms with Crippen LogP contribution in [0.5, 0.6) is 0 Å². The van der Waals surface area contributed by atoms with Gasteiger partial charge >= 0.3 is 5.69 Å². The lowest BCUT2D eigenvalue weighted by Gasteiger charge is -2.35. The first-order valence-corrected chi connectivity index (χ1v) is 12.2. The number of hydrogen-bond acceptors (Lipinski definition) is 6. The summed E-state index contributed by atoms with van der Waals surface area (Å²) in [5.41, 5.74) is 2.09. The van der Waals surface area contributed by atoms with E-state index in [0.717, 1.165) is 55.7 Å². The number of carbonyl (C=O) groups is 1. The number of benzene rings is 1. The second-order valence-corrected chi connectivity index (χ2v) is 9.50. The maximum atomic E-state index is 12.6. The number of aromatic amines is 1. The molecule has 2 aromatic rings. The summed E-state index contributed by atoms with van der Waals surface area (Å²) in [6, 6.07) is 6.36. The molecule has 2 heterocycles. The largest absolute Gasteiger partial charge is 0.371 e. The van der Waals surface area contributed by atoms with E-state index in [1.54, 1.807) is 4.57 Å². The molecule has 2 unspecified atom stereocenters. The van der Waals surface area contributed by atoms with E-state index in [4.69, 9.17) is 5.26 Å². The molecule has 0 bridgehead atoms. The smallest absolute Gasteiger partial charge is 0.329 e. The van der Waals surface area contributed by atoms with Gasteiger partial charge < -0.3 is 10.2 Å². The van der Waals surface area contributed by atoms with Crippen LogP contribution in [0.1, 0.15) is 51.1 Å². The normalized spacial score (nSPS) is 18.9. The van der Waals surface area contributed by atoms with Crippen molar-refractivity contribution in [2.45, 2.75) is 58.5 Å². The van der Waals surface area contributed by atoms with Gasteiger partial charge in [0.2, 0.25) is 5.91 Å². The quantitative estimate of drug-likeness (QED) is 0.583. The van der Waals surface area contributed by atoms with E-state index in [2.05, 4.69) is 33.1 Å². The molecule has 182 valence electrons. The van der Waals surface area contributed by atoms with Crippen molar-refractivity contribution in [1.29, 1.82) is 5.26 Å². The summed E-state index contributed by atoms with van der Waals surface area (Å²) in [4.78, 5) is 43.9. The van der Waals surface area contributed by atoms with Crippen LogP contribution in [-0.4, -0.2) is 59.1 Å². The SMILES string of the molecule is CCN(CCC#N)C(CNC(C)=O)C1CCN(c2ccc3c(=O)[nH]c(=O)n(C4CC4)c3c2C)C1. The van der Waals surface area contributed by atoms with Gasteiger partial charge in [0.05, 0.1) is 17.0 Å². The van der Waals surface area contributed by atoms with E-state index >= 15 is 0 Å². The number of carbonyl (C=O) groups excluding carboxylic acids is 1. The molecule has 2 fully saturated rings. The van der Waals surface area contributed by atoms with Gasteiger partial charge in [-0.1, -0.05) is 6.92 Å². The molecule has 0 spiro atoms. The highest BCUT2D eigenvalue weighted by Crippen LogP contribution is 2.38. The second-order valence-electron chi connectivity index (χ2n) is 9.50. The zero-order valence-corrected chi connectivity index (χ0v) is 20.3. The Morgan fingerprint density at radius 1 is 1.32 bits per heavy atom. The average Bonchev–Trinajstić information content (AvgIpc) is 3.52. The first-order valence-electron chi connectivity index (χ1n) is 12.2. The topological polar surface area (TPSA) is 114 Å². The van der Waals surface area contributed by atoms with E-state index < -0.39 is 0 Å². The molecule has 1 amide bonds. The number of nitrogens with one attached hydrogen (secondary N) is 2. The number of rotatable bonds is 9. The Bertz CT molecular complexity index is 1220. The van der Waals surface area contributed by atoms with Crippen LogP contribution in [0.4, 0.5) is 5.69 Å². The van der Waals surface area contributed by atoms with Crippen LogP contribution in [0.2, 0.25) is 0 Å². The predicted molar refractivity (Wildman–Crippen MR) is 132 cm³/mol. The summed E-state index contributed by atoms with van der Waals surface area (Å²) in [6.07, 6.45) is 3.33. The standard InChI is InChI=1S/C25H34N6O3/c1-4-29(12-5-11-26)22(14-27-17(3)32)18-10-13-30(15-18)21-9-8-20-23(16(21)2)31(19-6-7-19)25(34)28-24(20)33/h8-9,18-19,22H,4-7,10,12-15H2,1-3H3,(H,27,32)(H,28,33,34). The molecular formula is C25H34N6O3. The van der Waals surface area contributed by atoms with Crippen molar-refractivity contribution < 1.29 is 4.79 Å². The Balaban J connectivity index is 1.64. The monoisotopic (exact) mass is 466 g/mol. The Morgan fingerprint density at radius 3 is 2.74 bits per heavy atom. The third kappa shape index (κ3) is 4.73. The molecule has 4 rings (SSSR count).